The topological polar surface area (TPSA) is 232 Å². The summed E-state index contributed by atoms with van der Waals surface area (Å²) in [6.07, 6.45) is -12.8. The van der Waals surface area contributed by atoms with Crippen LogP contribution in [0.5, 0.6) is 0 Å². The summed E-state index contributed by atoms with van der Waals surface area (Å²) in [6.45, 7) is -0.970. The molecule has 3 heterocycles. The summed E-state index contributed by atoms with van der Waals surface area (Å²) in [5, 5.41) is 92.7. The van der Waals surface area contributed by atoms with E-state index in [0.29, 0.717) is 38.5 Å². The Morgan fingerprint density at radius 1 is 0.700 bits per heavy atom. The van der Waals surface area contributed by atoms with Gasteiger partial charge in [-0.25, -0.2) is 0 Å². The fraction of sp³-hybridized carbons (Fsp3) is 1.00. The molecule has 3 saturated heterocycles. The molecule has 232 valence electrons. The van der Waals surface area contributed by atoms with Gasteiger partial charge in [-0.2, -0.15) is 0 Å². The number of aliphatic hydroxyl groups is 11. The van der Waals surface area contributed by atoms with Crippen LogP contribution in [-0.4, -0.2) is 156 Å². The predicted octanol–water partition coefficient (Wildman–Crippen LogP) is -4.01. The lowest BCUT2D eigenvalue weighted by Gasteiger charge is -2.49. The Morgan fingerprint density at radius 3 is 2.12 bits per heavy atom. The number of fused-ring (bicyclic) bond motifs is 1. The van der Waals surface area contributed by atoms with Crippen molar-refractivity contribution in [1.82, 2.24) is 0 Å². The molecule has 0 aromatic rings. The first-order valence-corrected chi connectivity index (χ1v) is 14.4. The van der Waals surface area contributed by atoms with Gasteiger partial charge in [0.25, 0.3) is 0 Å². The highest BCUT2D eigenvalue weighted by atomic mass is 16.8. The van der Waals surface area contributed by atoms with E-state index >= 15 is 0 Å². The summed E-state index contributed by atoms with van der Waals surface area (Å²) < 4.78 is 28.5. The van der Waals surface area contributed by atoms with Crippen LogP contribution >= 0.6 is 0 Å². The largest absolute Gasteiger partial charge is 0.427 e. The minimum Gasteiger partial charge on any atom is -0.427 e. The molecule has 0 bridgehead atoms. The van der Waals surface area contributed by atoms with Crippen LogP contribution in [-0.2, 0) is 18.9 Å². The fourth-order valence-electron chi connectivity index (χ4n) is 7.01. The van der Waals surface area contributed by atoms with Gasteiger partial charge in [0, 0.05) is 18.8 Å². The molecule has 2 saturated carbocycles. The molecule has 5 rings (SSSR count). The van der Waals surface area contributed by atoms with E-state index < -0.39 is 80.2 Å². The Kier molecular flexibility index (Phi) is 10.0. The Bertz CT molecular complexity index is 812. The molecule has 0 aromatic carbocycles. The van der Waals surface area contributed by atoms with E-state index in [4.69, 9.17) is 23.7 Å². The maximum Gasteiger partial charge on any atom is 0.187 e. The standard InChI is InChI=1S/C26H44O14/c27-8-18-20(33)21(34)24(40-25-22(35)19(32)15(31)9-36-25)26(39-18)38-17-7-13-14(30)5-12(29)6-16(13)37-23(17)10-1-3-11(28)4-2-10/h10-35H,1-9H2/p+1/t10?,11?,12?,13?,14?,15-,16?,17?,18-,19+,20+,21+,22-,23?,24-,25+,26-/m1/s1. The molecule has 15 atom stereocenters. The van der Waals surface area contributed by atoms with Crippen LogP contribution in [0.15, 0.2) is 0 Å². The molecule has 5 fully saturated rings. The molecule has 2 aliphatic carbocycles. The van der Waals surface area contributed by atoms with Crippen LogP contribution < -0.4 is 0 Å². The van der Waals surface area contributed by atoms with Crippen LogP contribution in [0, 0.1) is 11.8 Å². The van der Waals surface area contributed by atoms with Crippen molar-refractivity contribution in [3.05, 3.63) is 0 Å². The fourth-order valence-corrected chi connectivity index (χ4v) is 7.01. The second kappa shape index (κ2) is 13.0. The zero-order chi connectivity index (χ0) is 28.7. The third-order valence-corrected chi connectivity index (χ3v) is 9.37. The molecule has 0 radical (unpaired) electrons. The monoisotopic (exact) mass is 581 g/mol. The van der Waals surface area contributed by atoms with Gasteiger partial charge in [-0.15, -0.1) is 0 Å². The molecule has 0 amide bonds. The van der Waals surface area contributed by atoms with Crippen molar-refractivity contribution in [3.8, 4) is 0 Å². The van der Waals surface area contributed by atoms with Gasteiger partial charge in [0.15, 0.2) is 24.8 Å². The normalized spacial score (nSPS) is 54.1. The first-order chi connectivity index (χ1) is 19.1. The first-order valence-electron chi connectivity index (χ1n) is 14.4. The Balaban J connectivity index is 1.38. The number of ether oxygens (including phenoxy) is 5. The van der Waals surface area contributed by atoms with Crippen LogP contribution in [0.1, 0.15) is 44.9 Å². The van der Waals surface area contributed by atoms with E-state index in [-0.39, 0.29) is 43.2 Å². The summed E-state index contributed by atoms with van der Waals surface area (Å²) in [6, 6.07) is 0. The molecule has 40 heavy (non-hydrogen) atoms. The molecule has 6 unspecified atom stereocenters. The molecule has 5 aliphatic rings. The van der Waals surface area contributed by atoms with Gasteiger partial charge < -0.3 is 69.6 Å². The average Bonchev–Trinajstić information content (AvgIpc) is 2.93. The molecule has 14 nitrogen and oxygen atoms in total. The zero-order valence-electron chi connectivity index (χ0n) is 22.3. The SMILES string of the molecule is OC[C@H]1O[C@@H](OC2CC3C(O)CC(O)CC3[OH+]C2C2CCC(O)CC2)[C@H](O[C@@H]2OC[C@@H](O)[C@H](O)[C@H]2O)[C@@H](O)[C@H]1O. The summed E-state index contributed by atoms with van der Waals surface area (Å²) in [5.74, 6) is -0.233. The molecule has 0 aromatic heterocycles. The highest BCUT2D eigenvalue weighted by molar-refractivity contribution is 4.98. The van der Waals surface area contributed by atoms with Gasteiger partial charge >= 0.3 is 0 Å². The molecular weight excluding hydrogens is 536 g/mol. The van der Waals surface area contributed by atoms with E-state index in [1.807, 2.05) is 0 Å². The van der Waals surface area contributed by atoms with Crippen molar-refractivity contribution >= 4 is 0 Å². The smallest absolute Gasteiger partial charge is 0.187 e. The highest BCUT2D eigenvalue weighted by Gasteiger charge is 2.55. The summed E-state index contributed by atoms with van der Waals surface area (Å²) in [4.78, 5) is 0. The van der Waals surface area contributed by atoms with Crippen LogP contribution in [0.4, 0.5) is 0 Å². The quantitative estimate of drug-likeness (QED) is 0.136. The van der Waals surface area contributed by atoms with E-state index in [1.54, 1.807) is 0 Å². The number of aliphatic hydroxyl groups excluding tert-OH is 9. The number of hydrogen-bond donors (Lipinski definition) is 9. The summed E-state index contributed by atoms with van der Waals surface area (Å²) in [7, 11) is 0. The minimum atomic E-state index is -1.67. The van der Waals surface area contributed by atoms with Crippen molar-refractivity contribution in [2.45, 2.75) is 137 Å². The van der Waals surface area contributed by atoms with Gasteiger partial charge in [0.05, 0.1) is 37.4 Å². The van der Waals surface area contributed by atoms with E-state index in [0.717, 1.165) is 0 Å². The minimum absolute atomic E-state index is 0.0535. The average molecular weight is 582 g/mol. The van der Waals surface area contributed by atoms with Crippen molar-refractivity contribution in [2.75, 3.05) is 13.2 Å². The van der Waals surface area contributed by atoms with Crippen molar-refractivity contribution in [2.24, 2.45) is 11.8 Å². The zero-order valence-corrected chi connectivity index (χ0v) is 22.3. The molecule has 0 spiro atoms. The lowest BCUT2D eigenvalue weighted by molar-refractivity contribution is -0.381. The Morgan fingerprint density at radius 2 is 1.43 bits per heavy atom. The molecule has 10 N–H and O–H groups in total. The lowest BCUT2D eigenvalue weighted by Crippen LogP contribution is -2.65. The maximum atomic E-state index is 11.0. The third-order valence-electron chi connectivity index (χ3n) is 9.37. The van der Waals surface area contributed by atoms with Crippen LogP contribution in [0.3, 0.4) is 0 Å². The molecular formula is C26H45O14+. The maximum absolute atomic E-state index is 11.0. The lowest BCUT2D eigenvalue weighted by atomic mass is 9.73. The van der Waals surface area contributed by atoms with Gasteiger partial charge in [0.2, 0.25) is 0 Å². The molecule has 14 heteroatoms. The van der Waals surface area contributed by atoms with E-state index in [2.05, 4.69) is 0 Å². The Labute approximate surface area is 232 Å². The van der Waals surface area contributed by atoms with Gasteiger partial charge in [-0.1, -0.05) is 0 Å². The van der Waals surface area contributed by atoms with Gasteiger partial charge in [-0.3, -0.25) is 0 Å². The van der Waals surface area contributed by atoms with Crippen molar-refractivity contribution < 1.29 is 69.6 Å². The van der Waals surface area contributed by atoms with E-state index in [9.17, 15) is 46.0 Å². The van der Waals surface area contributed by atoms with E-state index in [1.165, 1.54) is 0 Å². The van der Waals surface area contributed by atoms with Crippen molar-refractivity contribution in [1.29, 1.82) is 0 Å². The molecule has 3 aliphatic heterocycles. The predicted molar refractivity (Wildman–Crippen MR) is 132 cm³/mol. The van der Waals surface area contributed by atoms with Crippen molar-refractivity contribution in [3.63, 3.8) is 0 Å². The summed E-state index contributed by atoms with van der Waals surface area (Å²) >= 11 is 0. The summed E-state index contributed by atoms with van der Waals surface area (Å²) in [5.41, 5.74) is 0. The number of hydrogen-bond acceptors (Lipinski definition) is 13. The van der Waals surface area contributed by atoms with Gasteiger partial charge in [0.1, 0.15) is 48.8 Å². The van der Waals surface area contributed by atoms with Crippen LogP contribution in [0.25, 0.3) is 0 Å². The Hall–Kier alpha value is -0.560. The highest BCUT2D eigenvalue weighted by Crippen LogP contribution is 2.42. The van der Waals surface area contributed by atoms with Crippen LogP contribution in [0.2, 0.25) is 0 Å². The number of rotatable bonds is 6. The third kappa shape index (κ3) is 6.36. The second-order valence-electron chi connectivity index (χ2n) is 12.1. The van der Waals surface area contributed by atoms with Gasteiger partial charge in [-0.05, 0) is 32.1 Å². The first kappa shape index (κ1) is 30.9. The second-order valence-corrected chi connectivity index (χ2v) is 12.1.